The Balaban J connectivity index is 0. The molecule has 0 saturated carbocycles. The Kier molecular flexibility index (Phi) is 30.5. The molecule has 3 aromatic rings. The van der Waals surface area contributed by atoms with Gasteiger partial charge in [0.2, 0.25) is 0 Å². The fourth-order valence-corrected chi connectivity index (χ4v) is 3.61. The van der Waals surface area contributed by atoms with Crippen LogP contribution in [0.4, 0.5) is 17.1 Å². The van der Waals surface area contributed by atoms with E-state index in [9.17, 15) is 0 Å². The first-order valence-corrected chi connectivity index (χ1v) is 15.0. The summed E-state index contributed by atoms with van der Waals surface area (Å²) in [6, 6.07) is 29.9. The van der Waals surface area contributed by atoms with E-state index in [1.165, 1.54) is 0 Å². The summed E-state index contributed by atoms with van der Waals surface area (Å²) in [5.41, 5.74) is 3.25. The first kappa shape index (κ1) is 45.4. The number of hydrogen-bond acceptors (Lipinski definition) is 6. The minimum Gasteiger partial charge on any atom is -1.00 e. The molecule has 46 heavy (non-hydrogen) atoms. The van der Waals surface area contributed by atoms with Crippen molar-refractivity contribution in [1.29, 1.82) is 0 Å². The molecular weight excluding hydrogens is 655 g/mol. The number of nitrogens with one attached hydrogen (secondary N) is 1. The van der Waals surface area contributed by atoms with Crippen LogP contribution in [0.3, 0.4) is 0 Å². The van der Waals surface area contributed by atoms with Crippen molar-refractivity contribution in [2.24, 2.45) is 0 Å². The first-order chi connectivity index (χ1) is 21.5. The van der Waals surface area contributed by atoms with Crippen LogP contribution in [0.2, 0.25) is 0 Å². The molecule has 1 atom stereocenters. The molecule has 0 spiro atoms. The van der Waals surface area contributed by atoms with Crippen LogP contribution in [0.25, 0.3) is 5.32 Å². The summed E-state index contributed by atoms with van der Waals surface area (Å²) in [4.78, 5) is 15.7. The van der Waals surface area contributed by atoms with Gasteiger partial charge in [-0.1, -0.05) is 66.7 Å². The molecule has 3 aromatic carbocycles. The molecule has 0 aliphatic carbocycles. The maximum Gasteiger partial charge on any atom is 2.00 e. The number of halogens is 1. The number of hydroxylamine groups is 1. The standard InChI is InChI=1S/C12H15NO.C11H18O3.C7H9N.C7H8N.BrH.Mg/c1-3-4-8-11-14-13(2)12-9-6-5-7-10-12;1-3-4-6-10-13-14-11(2)8-5-7-9-12-11;2*1-8-7-5-3-2-4-6-7;;/h5-7,9-10H,8,11H2,1-2H3;5-10H2,1-2H3;2-6,8H,1H3;2-6H,1H3;1H;/q;;;-1;;+2/p-1. The fraction of sp³-hybridized carbons (Fsp3) is 0.405. The number of para-hydroxylation sites is 3. The van der Waals surface area contributed by atoms with Gasteiger partial charge in [-0.15, -0.1) is 36.4 Å². The fourth-order valence-electron chi connectivity index (χ4n) is 3.61. The van der Waals surface area contributed by atoms with Gasteiger partial charge in [-0.3, -0.25) is 9.90 Å². The van der Waals surface area contributed by atoms with Gasteiger partial charge < -0.3 is 32.4 Å². The van der Waals surface area contributed by atoms with E-state index in [2.05, 4.69) is 34.3 Å². The van der Waals surface area contributed by atoms with Crippen molar-refractivity contribution in [1.82, 2.24) is 0 Å². The van der Waals surface area contributed by atoms with Crippen LogP contribution < -0.4 is 27.4 Å². The number of benzene rings is 3. The van der Waals surface area contributed by atoms with E-state index < -0.39 is 5.79 Å². The van der Waals surface area contributed by atoms with E-state index >= 15 is 0 Å². The number of nitrogens with zero attached hydrogens (tertiary/aromatic N) is 2. The van der Waals surface area contributed by atoms with Gasteiger partial charge in [0.05, 0.1) is 25.5 Å². The van der Waals surface area contributed by atoms with Crippen LogP contribution in [-0.4, -0.2) is 69.8 Å². The normalized spacial score (nSPS) is 13.9. The average molecular weight is 705 g/mol. The Hall–Kier alpha value is -2.73. The van der Waals surface area contributed by atoms with Crippen LogP contribution in [-0.2, 0) is 19.3 Å². The van der Waals surface area contributed by atoms with Crippen LogP contribution in [0, 0.1) is 23.7 Å². The Labute approximate surface area is 304 Å². The van der Waals surface area contributed by atoms with Crippen molar-refractivity contribution in [3.8, 4) is 23.7 Å². The smallest absolute Gasteiger partial charge is 1.00 e. The molecule has 9 heteroatoms. The van der Waals surface area contributed by atoms with Gasteiger partial charge in [0.15, 0.2) is 5.79 Å². The second-order valence-electron chi connectivity index (χ2n) is 9.54. The van der Waals surface area contributed by atoms with E-state index in [1.54, 1.807) is 12.1 Å². The molecule has 1 fully saturated rings. The maximum absolute atomic E-state index is 5.49. The zero-order chi connectivity index (χ0) is 32.1. The molecule has 0 radical (unpaired) electrons. The Morgan fingerprint density at radius 1 is 0.848 bits per heavy atom. The van der Waals surface area contributed by atoms with E-state index in [0.29, 0.717) is 19.6 Å². The predicted molar refractivity (Wildman–Crippen MR) is 189 cm³/mol. The quantitative estimate of drug-likeness (QED) is 0.100. The molecule has 1 unspecified atom stereocenters. The molecule has 1 saturated heterocycles. The third kappa shape index (κ3) is 23.6. The molecule has 1 heterocycles. The second kappa shape index (κ2) is 30.9. The zero-order valence-electron chi connectivity index (χ0n) is 28.4. The van der Waals surface area contributed by atoms with Crippen molar-refractivity contribution in [3.63, 3.8) is 0 Å². The summed E-state index contributed by atoms with van der Waals surface area (Å²) >= 11 is 0. The number of anilines is 2. The first-order valence-electron chi connectivity index (χ1n) is 15.0. The number of ether oxygens (including phenoxy) is 1. The van der Waals surface area contributed by atoms with E-state index in [4.69, 9.17) is 19.3 Å². The molecule has 0 amide bonds. The summed E-state index contributed by atoms with van der Waals surface area (Å²) < 4.78 is 5.49. The van der Waals surface area contributed by atoms with Gasteiger partial charge >= 0.3 is 23.1 Å². The van der Waals surface area contributed by atoms with Crippen molar-refractivity contribution < 1.29 is 36.3 Å². The van der Waals surface area contributed by atoms with Gasteiger partial charge in [0.1, 0.15) is 0 Å². The van der Waals surface area contributed by atoms with Gasteiger partial charge in [-0.2, -0.15) is 0 Å². The van der Waals surface area contributed by atoms with E-state index in [0.717, 1.165) is 49.4 Å². The van der Waals surface area contributed by atoms with Gasteiger partial charge in [-0.05, 0) is 57.9 Å². The maximum atomic E-state index is 5.49. The molecule has 1 N–H and O–H groups in total. The van der Waals surface area contributed by atoms with Crippen molar-refractivity contribution in [2.45, 2.75) is 58.7 Å². The van der Waals surface area contributed by atoms with Crippen LogP contribution in [0.15, 0.2) is 91.0 Å². The molecule has 0 bridgehead atoms. The summed E-state index contributed by atoms with van der Waals surface area (Å²) in [6.07, 6.45) is 4.61. The largest absolute Gasteiger partial charge is 2.00 e. The van der Waals surface area contributed by atoms with Gasteiger partial charge in [0, 0.05) is 39.0 Å². The summed E-state index contributed by atoms with van der Waals surface area (Å²) in [6.45, 7) is 7.45. The second-order valence-corrected chi connectivity index (χ2v) is 9.54. The van der Waals surface area contributed by atoms with Crippen LogP contribution in [0.5, 0.6) is 0 Å². The number of hydrogen-bond donors (Lipinski definition) is 1. The molecule has 246 valence electrons. The third-order valence-corrected chi connectivity index (χ3v) is 6.04. The number of rotatable bonds is 10. The molecule has 4 rings (SSSR count). The summed E-state index contributed by atoms with van der Waals surface area (Å²) in [5, 5.41) is 8.76. The molecule has 1 aliphatic rings. The van der Waals surface area contributed by atoms with E-state index in [1.807, 2.05) is 126 Å². The van der Waals surface area contributed by atoms with Crippen LogP contribution in [0.1, 0.15) is 52.9 Å². The Morgan fingerprint density at radius 2 is 1.39 bits per heavy atom. The monoisotopic (exact) mass is 703 g/mol. The topological polar surface area (TPSA) is 66.3 Å². The molecule has 0 aromatic heterocycles. The summed E-state index contributed by atoms with van der Waals surface area (Å²) in [5.74, 6) is 10.9. The third-order valence-electron chi connectivity index (χ3n) is 6.04. The predicted octanol–water partition coefficient (Wildman–Crippen LogP) is 5.41. The average Bonchev–Trinajstić information content (AvgIpc) is 3.09. The van der Waals surface area contributed by atoms with Crippen molar-refractivity contribution in [3.05, 3.63) is 96.3 Å². The minimum absolute atomic E-state index is 0. The molecule has 7 nitrogen and oxygen atoms in total. The Bertz CT molecular complexity index is 1170. The minimum atomic E-state index is -0.544. The summed E-state index contributed by atoms with van der Waals surface area (Å²) in [7, 11) is 5.60. The SMILES string of the molecule is CC#CCCON(C)c1ccccc1.CC#CCCOOC1(C)CCCCO1.CNc1ccccc1.C[N-]c1ccccc1.[Br-].[Mg+2]. The van der Waals surface area contributed by atoms with Crippen molar-refractivity contribution >= 4 is 40.1 Å². The van der Waals surface area contributed by atoms with Crippen molar-refractivity contribution in [2.75, 3.05) is 51.3 Å². The molecule has 1 aliphatic heterocycles. The van der Waals surface area contributed by atoms with E-state index in [-0.39, 0.29) is 40.0 Å². The van der Waals surface area contributed by atoms with Gasteiger partial charge in [-0.25, -0.2) is 9.78 Å². The zero-order valence-corrected chi connectivity index (χ0v) is 31.4. The van der Waals surface area contributed by atoms with Gasteiger partial charge in [0.25, 0.3) is 0 Å². The van der Waals surface area contributed by atoms with Crippen LogP contribution >= 0.6 is 0 Å². The Morgan fingerprint density at radius 3 is 1.85 bits per heavy atom. The molecular formula is C37H50BrMgN3O4.